The van der Waals surface area contributed by atoms with Crippen molar-refractivity contribution in [2.24, 2.45) is 5.41 Å². The topological polar surface area (TPSA) is 68.3 Å². The van der Waals surface area contributed by atoms with Gasteiger partial charge in [0.05, 0.1) is 18.8 Å². The Morgan fingerprint density at radius 2 is 1.69 bits per heavy atom. The summed E-state index contributed by atoms with van der Waals surface area (Å²) in [6.45, 7) is 3.71. The van der Waals surface area contributed by atoms with Gasteiger partial charge in [-0.2, -0.15) is 0 Å². The molecular formula is C28H36N2O5. The van der Waals surface area contributed by atoms with Crippen LogP contribution in [0, 0.1) is 5.41 Å². The summed E-state index contributed by atoms with van der Waals surface area (Å²) in [4.78, 5) is 29.3. The third-order valence-corrected chi connectivity index (χ3v) is 7.10. The molecule has 2 aliphatic rings. The molecule has 7 heteroatoms. The fourth-order valence-electron chi connectivity index (χ4n) is 4.76. The Hall–Kier alpha value is -3.06. The average Bonchev–Trinajstić information content (AvgIpc) is 2.90. The number of amides is 2. The van der Waals surface area contributed by atoms with E-state index in [9.17, 15) is 9.59 Å². The van der Waals surface area contributed by atoms with E-state index in [1.165, 1.54) is 0 Å². The van der Waals surface area contributed by atoms with Crippen LogP contribution in [0.2, 0.25) is 0 Å². The molecule has 1 saturated heterocycles. The number of ether oxygens (including phenoxy) is 3. The van der Waals surface area contributed by atoms with Crippen LogP contribution in [-0.4, -0.2) is 74.7 Å². The van der Waals surface area contributed by atoms with E-state index in [2.05, 4.69) is 0 Å². The smallest absolute Gasteiger partial charge is 0.260 e. The minimum absolute atomic E-state index is 0.0119. The molecule has 2 aliphatic heterocycles. The van der Waals surface area contributed by atoms with Crippen LogP contribution in [0.5, 0.6) is 11.5 Å². The Labute approximate surface area is 207 Å². The molecule has 0 aliphatic carbocycles. The van der Waals surface area contributed by atoms with Gasteiger partial charge < -0.3 is 24.0 Å². The van der Waals surface area contributed by atoms with E-state index >= 15 is 0 Å². The number of para-hydroxylation sites is 2. The molecule has 0 unspecified atom stereocenters. The molecule has 0 saturated carbocycles. The van der Waals surface area contributed by atoms with E-state index in [-0.39, 0.29) is 23.8 Å². The van der Waals surface area contributed by atoms with Gasteiger partial charge in [0.15, 0.2) is 6.61 Å². The predicted octanol–water partition coefficient (Wildman–Crippen LogP) is 4.03. The number of benzene rings is 2. The number of piperidine rings is 1. The lowest BCUT2D eigenvalue weighted by Crippen LogP contribution is -2.47. The van der Waals surface area contributed by atoms with Crippen molar-refractivity contribution < 1.29 is 23.8 Å². The number of hydrogen-bond acceptors (Lipinski definition) is 5. The highest BCUT2D eigenvalue weighted by Gasteiger charge is 2.37. The average molecular weight is 481 g/mol. The molecule has 0 radical (unpaired) electrons. The molecule has 7 nitrogen and oxygen atoms in total. The monoisotopic (exact) mass is 480 g/mol. The molecule has 4 rings (SSSR count). The van der Waals surface area contributed by atoms with E-state index in [1.807, 2.05) is 59.5 Å². The number of likely N-dealkylation sites (tertiary alicyclic amines) is 1. The standard InChI is InChI=1S/C28H36N2O5/c1-29-18-20-33-19-8-7-13-28(22-35-25-12-6-5-11-24(25)27(29)32)14-16-30(17-15-28)26(31)21-34-23-9-3-2-4-10-23/h2-6,9-12H,7-8,13-22H2,1H3. The number of nitrogens with zero attached hydrogens (tertiary/aromatic N) is 2. The number of fused-ring (bicyclic) bond motifs is 1. The molecule has 35 heavy (non-hydrogen) atoms. The Bertz CT molecular complexity index is 972. The first-order chi connectivity index (χ1) is 17.1. The summed E-state index contributed by atoms with van der Waals surface area (Å²) < 4.78 is 17.8. The molecule has 0 aromatic heterocycles. The lowest BCUT2D eigenvalue weighted by molar-refractivity contribution is -0.136. The van der Waals surface area contributed by atoms with Crippen LogP contribution in [-0.2, 0) is 9.53 Å². The molecule has 1 spiro atoms. The maximum Gasteiger partial charge on any atom is 0.260 e. The second-order valence-electron chi connectivity index (χ2n) is 9.56. The van der Waals surface area contributed by atoms with Gasteiger partial charge in [-0.25, -0.2) is 0 Å². The SMILES string of the molecule is CN1CCOCCCCC2(CCN(C(=O)COc3ccccc3)CC2)COc2ccccc2C1=O. The maximum absolute atomic E-state index is 13.0. The minimum atomic E-state index is -0.0610. The van der Waals surface area contributed by atoms with Crippen LogP contribution in [0.3, 0.4) is 0 Å². The van der Waals surface area contributed by atoms with Gasteiger partial charge in [-0.15, -0.1) is 0 Å². The normalized spacial score (nSPS) is 19.4. The fraction of sp³-hybridized carbons (Fsp3) is 0.500. The molecule has 2 heterocycles. The van der Waals surface area contributed by atoms with Crippen LogP contribution in [0.15, 0.2) is 54.6 Å². The van der Waals surface area contributed by atoms with E-state index in [4.69, 9.17) is 14.2 Å². The highest BCUT2D eigenvalue weighted by molar-refractivity contribution is 5.96. The van der Waals surface area contributed by atoms with Gasteiger partial charge in [0.2, 0.25) is 0 Å². The zero-order valence-corrected chi connectivity index (χ0v) is 20.6. The summed E-state index contributed by atoms with van der Waals surface area (Å²) in [5, 5.41) is 0. The van der Waals surface area contributed by atoms with Crippen molar-refractivity contribution in [3.05, 3.63) is 60.2 Å². The van der Waals surface area contributed by atoms with Crippen molar-refractivity contribution in [3.8, 4) is 11.5 Å². The first-order valence-corrected chi connectivity index (χ1v) is 12.6. The predicted molar refractivity (Wildman–Crippen MR) is 134 cm³/mol. The van der Waals surface area contributed by atoms with Gasteiger partial charge in [-0.3, -0.25) is 9.59 Å². The zero-order chi connectivity index (χ0) is 24.5. The van der Waals surface area contributed by atoms with Gasteiger partial charge in [-0.05, 0) is 49.9 Å². The van der Waals surface area contributed by atoms with Gasteiger partial charge in [0.25, 0.3) is 11.8 Å². The van der Waals surface area contributed by atoms with E-state index < -0.39 is 0 Å². The van der Waals surface area contributed by atoms with Crippen LogP contribution in [0.1, 0.15) is 42.5 Å². The second-order valence-corrected chi connectivity index (χ2v) is 9.56. The first-order valence-electron chi connectivity index (χ1n) is 12.6. The Balaban J connectivity index is 1.41. The fourth-order valence-corrected chi connectivity index (χ4v) is 4.76. The van der Waals surface area contributed by atoms with Crippen molar-refractivity contribution in [2.75, 3.05) is 53.1 Å². The molecule has 0 atom stereocenters. The van der Waals surface area contributed by atoms with Crippen molar-refractivity contribution in [2.45, 2.75) is 32.1 Å². The molecule has 188 valence electrons. The third kappa shape index (κ3) is 6.75. The highest BCUT2D eigenvalue weighted by atomic mass is 16.5. The van der Waals surface area contributed by atoms with Gasteiger partial charge in [0.1, 0.15) is 11.5 Å². The van der Waals surface area contributed by atoms with Crippen molar-refractivity contribution in [1.82, 2.24) is 9.80 Å². The molecule has 2 amide bonds. The lowest BCUT2D eigenvalue weighted by atomic mass is 9.75. The van der Waals surface area contributed by atoms with Gasteiger partial charge >= 0.3 is 0 Å². The lowest BCUT2D eigenvalue weighted by Gasteiger charge is -2.42. The number of carbonyl (C=O) groups is 2. The van der Waals surface area contributed by atoms with Crippen LogP contribution in [0.25, 0.3) is 0 Å². The summed E-state index contributed by atoms with van der Waals surface area (Å²) in [5.74, 6) is 1.28. The quantitative estimate of drug-likeness (QED) is 0.664. The number of hydrogen-bond donors (Lipinski definition) is 0. The van der Waals surface area contributed by atoms with Crippen LogP contribution >= 0.6 is 0 Å². The number of likely N-dealkylation sites (N-methyl/N-ethyl adjacent to an activating group) is 1. The molecule has 1 fully saturated rings. The number of carbonyl (C=O) groups excluding carboxylic acids is 2. The largest absolute Gasteiger partial charge is 0.492 e. The first kappa shape index (κ1) is 25.0. The van der Waals surface area contributed by atoms with Gasteiger partial charge in [-0.1, -0.05) is 36.8 Å². The molecular weight excluding hydrogens is 444 g/mol. The highest BCUT2D eigenvalue weighted by Crippen LogP contribution is 2.38. The van der Waals surface area contributed by atoms with Crippen LogP contribution < -0.4 is 9.47 Å². The van der Waals surface area contributed by atoms with Crippen molar-refractivity contribution in [3.63, 3.8) is 0 Å². The van der Waals surface area contributed by atoms with E-state index in [1.54, 1.807) is 11.9 Å². The van der Waals surface area contributed by atoms with Gasteiger partial charge in [0, 0.05) is 38.7 Å². The summed E-state index contributed by atoms with van der Waals surface area (Å²) in [6.07, 6.45) is 4.76. The Morgan fingerprint density at radius 3 is 2.49 bits per heavy atom. The Morgan fingerprint density at radius 1 is 0.943 bits per heavy atom. The molecule has 0 bridgehead atoms. The molecule has 0 N–H and O–H groups in total. The summed E-state index contributed by atoms with van der Waals surface area (Å²) in [5.41, 5.74) is 0.538. The third-order valence-electron chi connectivity index (χ3n) is 7.10. The second kappa shape index (κ2) is 12.1. The summed E-state index contributed by atoms with van der Waals surface area (Å²) in [7, 11) is 1.80. The van der Waals surface area contributed by atoms with E-state index in [0.717, 1.165) is 32.1 Å². The van der Waals surface area contributed by atoms with Crippen LogP contribution in [0.4, 0.5) is 0 Å². The Kier molecular flexibility index (Phi) is 8.64. The summed E-state index contributed by atoms with van der Waals surface area (Å²) in [6, 6.07) is 16.9. The van der Waals surface area contributed by atoms with Crippen molar-refractivity contribution >= 4 is 11.8 Å². The molecule has 2 aromatic carbocycles. The maximum atomic E-state index is 13.0. The summed E-state index contributed by atoms with van der Waals surface area (Å²) >= 11 is 0. The minimum Gasteiger partial charge on any atom is -0.492 e. The number of rotatable bonds is 3. The molecule has 2 aromatic rings. The zero-order valence-electron chi connectivity index (χ0n) is 20.6. The van der Waals surface area contributed by atoms with E-state index in [0.29, 0.717) is 56.5 Å². The van der Waals surface area contributed by atoms with Crippen molar-refractivity contribution in [1.29, 1.82) is 0 Å².